The third-order valence-corrected chi connectivity index (χ3v) is 6.77. The van der Waals surface area contributed by atoms with Gasteiger partial charge in [-0.1, -0.05) is 43.5 Å². The van der Waals surface area contributed by atoms with Crippen LogP contribution in [0.25, 0.3) is 10.9 Å². The summed E-state index contributed by atoms with van der Waals surface area (Å²) in [5, 5.41) is 16.5. The Hall–Kier alpha value is -1.03. The Bertz CT molecular complexity index is 769. The number of nitrogens with zero attached hydrogens (tertiary/aromatic N) is 1. The monoisotopic (exact) mass is 374 g/mol. The van der Waals surface area contributed by atoms with E-state index in [0.29, 0.717) is 25.0 Å². The summed E-state index contributed by atoms with van der Waals surface area (Å²) in [5.41, 5.74) is 3.96. The van der Waals surface area contributed by atoms with Crippen molar-refractivity contribution < 1.29 is 5.11 Å². The molecule has 3 nitrogen and oxygen atoms in total. The summed E-state index contributed by atoms with van der Waals surface area (Å²) >= 11 is 6.57. The van der Waals surface area contributed by atoms with E-state index in [1.54, 1.807) is 0 Å². The molecule has 1 fully saturated rings. The zero-order chi connectivity index (χ0) is 18.1. The van der Waals surface area contributed by atoms with E-state index in [0.717, 1.165) is 23.4 Å². The molecule has 26 heavy (non-hydrogen) atoms. The van der Waals surface area contributed by atoms with Gasteiger partial charge in [-0.2, -0.15) is 0 Å². The molecular weight excluding hydrogens is 344 g/mol. The molecule has 4 heteroatoms. The zero-order valence-electron chi connectivity index (χ0n) is 15.8. The van der Waals surface area contributed by atoms with Crippen molar-refractivity contribution in [3.05, 3.63) is 34.5 Å². The van der Waals surface area contributed by atoms with Crippen molar-refractivity contribution in [3.63, 3.8) is 0 Å². The minimum absolute atomic E-state index is 0.387. The summed E-state index contributed by atoms with van der Waals surface area (Å²) < 4.78 is 2.31. The highest BCUT2D eigenvalue weighted by atomic mass is 35.5. The van der Waals surface area contributed by atoms with Gasteiger partial charge >= 0.3 is 0 Å². The van der Waals surface area contributed by atoms with Crippen LogP contribution in [0.3, 0.4) is 0 Å². The van der Waals surface area contributed by atoms with Gasteiger partial charge in [0, 0.05) is 23.7 Å². The van der Waals surface area contributed by atoms with Crippen LogP contribution in [0.4, 0.5) is 0 Å². The number of para-hydroxylation sites is 1. The Balaban J connectivity index is 1.53. The van der Waals surface area contributed by atoms with Crippen LogP contribution in [0.5, 0.6) is 0 Å². The Morgan fingerprint density at radius 2 is 2.00 bits per heavy atom. The molecule has 1 saturated carbocycles. The standard InChI is InChI=1S/C22H31ClN2O/c1-15-7-2-4-11-20(15)24-13-16(26)14-25-21-12-5-3-8-17(21)18-9-6-10-19(23)22(18)25/h6,9-10,15-16,20,24,26H,2-5,7-8,11-14H2,1H3/t15-,16-,20+/m0/s1. The first-order chi connectivity index (χ1) is 12.6. The maximum atomic E-state index is 10.8. The van der Waals surface area contributed by atoms with Crippen molar-refractivity contribution in [2.24, 2.45) is 5.92 Å². The summed E-state index contributed by atoms with van der Waals surface area (Å²) in [6.07, 6.45) is 9.53. The van der Waals surface area contributed by atoms with Gasteiger partial charge in [-0.25, -0.2) is 0 Å². The van der Waals surface area contributed by atoms with Crippen molar-refractivity contribution >= 4 is 22.5 Å². The maximum absolute atomic E-state index is 10.8. The second kappa shape index (κ2) is 7.92. The van der Waals surface area contributed by atoms with E-state index in [4.69, 9.17) is 11.6 Å². The van der Waals surface area contributed by atoms with Crippen LogP contribution in [0.1, 0.15) is 56.7 Å². The molecule has 4 rings (SSSR count). The molecule has 2 N–H and O–H groups in total. The van der Waals surface area contributed by atoms with E-state index in [1.807, 2.05) is 12.1 Å². The van der Waals surface area contributed by atoms with Crippen LogP contribution in [0, 0.1) is 5.92 Å². The van der Waals surface area contributed by atoms with Crippen LogP contribution in [0.2, 0.25) is 5.02 Å². The SMILES string of the molecule is C[C@H]1CCCC[C@H]1NC[C@H](O)Cn1c2c(c3cccc(Cl)c31)CCCC2. The Kier molecular flexibility index (Phi) is 5.58. The highest BCUT2D eigenvalue weighted by Gasteiger charge is 2.24. The fourth-order valence-corrected chi connectivity index (χ4v) is 5.31. The van der Waals surface area contributed by atoms with Gasteiger partial charge in [-0.3, -0.25) is 0 Å². The third-order valence-electron chi connectivity index (χ3n) is 6.47. The number of rotatable bonds is 5. The van der Waals surface area contributed by atoms with Crippen molar-refractivity contribution in [2.45, 2.75) is 77.0 Å². The van der Waals surface area contributed by atoms with Gasteiger partial charge in [0.05, 0.1) is 23.2 Å². The number of aromatic nitrogens is 1. The summed E-state index contributed by atoms with van der Waals surface area (Å²) in [7, 11) is 0. The molecule has 1 aromatic carbocycles. The van der Waals surface area contributed by atoms with Gasteiger partial charge in [-0.05, 0) is 56.1 Å². The molecule has 0 amide bonds. The van der Waals surface area contributed by atoms with Crippen LogP contribution in [0.15, 0.2) is 18.2 Å². The number of benzene rings is 1. The average Bonchev–Trinajstić information content (AvgIpc) is 2.96. The van der Waals surface area contributed by atoms with Crippen LogP contribution < -0.4 is 5.32 Å². The van der Waals surface area contributed by atoms with Gasteiger partial charge in [0.15, 0.2) is 0 Å². The number of aliphatic hydroxyl groups is 1. The molecular formula is C22H31ClN2O. The molecule has 1 aromatic heterocycles. The quantitative estimate of drug-likeness (QED) is 0.795. The van der Waals surface area contributed by atoms with E-state index in [-0.39, 0.29) is 6.10 Å². The minimum Gasteiger partial charge on any atom is -0.390 e. The average molecular weight is 375 g/mol. The van der Waals surface area contributed by atoms with Gasteiger partial charge < -0.3 is 15.0 Å². The third kappa shape index (κ3) is 3.54. The van der Waals surface area contributed by atoms with Crippen LogP contribution in [-0.4, -0.2) is 28.4 Å². The molecule has 2 aliphatic carbocycles. The topological polar surface area (TPSA) is 37.2 Å². The Labute approximate surface area is 161 Å². The normalized spacial score (nSPS) is 24.6. The predicted octanol–water partition coefficient (Wildman–Crippen LogP) is 4.70. The number of hydrogen-bond acceptors (Lipinski definition) is 2. The molecule has 0 aliphatic heterocycles. The van der Waals surface area contributed by atoms with E-state index >= 15 is 0 Å². The number of aryl methyl sites for hydroxylation is 1. The number of nitrogens with one attached hydrogen (secondary N) is 1. The lowest BCUT2D eigenvalue weighted by Gasteiger charge is -2.30. The fraction of sp³-hybridized carbons (Fsp3) is 0.636. The van der Waals surface area contributed by atoms with E-state index in [1.165, 1.54) is 55.2 Å². The second-order valence-electron chi connectivity index (χ2n) is 8.31. The minimum atomic E-state index is -0.387. The van der Waals surface area contributed by atoms with Gasteiger partial charge in [-0.15, -0.1) is 0 Å². The molecule has 2 aliphatic rings. The first-order valence-electron chi connectivity index (χ1n) is 10.3. The van der Waals surface area contributed by atoms with Crippen LogP contribution in [-0.2, 0) is 19.4 Å². The Morgan fingerprint density at radius 3 is 2.85 bits per heavy atom. The second-order valence-corrected chi connectivity index (χ2v) is 8.72. The summed E-state index contributed by atoms with van der Waals surface area (Å²) in [6, 6.07) is 6.76. The zero-order valence-corrected chi connectivity index (χ0v) is 16.6. The van der Waals surface area contributed by atoms with E-state index in [9.17, 15) is 5.11 Å². The van der Waals surface area contributed by atoms with Crippen LogP contribution >= 0.6 is 11.6 Å². The molecule has 0 radical (unpaired) electrons. The molecule has 2 aromatic rings. The highest BCUT2D eigenvalue weighted by molar-refractivity contribution is 6.35. The molecule has 0 spiro atoms. The predicted molar refractivity (Wildman–Crippen MR) is 109 cm³/mol. The number of fused-ring (bicyclic) bond motifs is 3. The number of hydrogen-bond donors (Lipinski definition) is 2. The number of halogens is 1. The van der Waals surface area contributed by atoms with Gasteiger partial charge in [0.1, 0.15) is 0 Å². The molecule has 142 valence electrons. The summed E-state index contributed by atoms with van der Waals surface area (Å²) in [4.78, 5) is 0. The first kappa shape index (κ1) is 18.3. The van der Waals surface area contributed by atoms with Crippen molar-refractivity contribution in [3.8, 4) is 0 Å². The first-order valence-corrected chi connectivity index (χ1v) is 10.7. The van der Waals surface area contributed by atoms with Crippen molar-refractivity contribution in [1.82, 2.24) is 9.88 Å². The largest absolute Gasteiger partial charge is 0.390 e. The smallest absolute Gasteiger partial charge is 0.0843 e. The molecule has 1 heterocycles. The number of aliphatic hydroxyl groups excluding tert-OH is 1. The van der Waals surface area contributed by atoms with Gasteiger partial charge in [0.25, 0.3) is 0 Å². The maximum Gasteiger partial charge on any atom is 0.0843 e. The molecule has 0 bridgehead atoms. The molecule has 0 saturated heterocycles. The van der Waals surface area contributed by atoms with Gasteiger partial charge in [0.2, 0.25) is 0 Å². The summed E-state index contributed by atoms with van der Waals surface area (Å²) in [5.74, 6) is 0.713. The molecule has 3 atom stereocenters. The highest BCUT2D eigenvalue weighted by Crippen LogP contribution is 2.35. The lowest BCUT2D eigenvalue weighted by Crippen LogP contribution is -2.42. The van der Waals surface area contributed by atoms with E-state index < -0.39 is 0 Å². The lowest BCUT2D eigenvalue weighted by atomic mass is 9.86. The van der Waals surface area contributed by atoms with Crippen molar-refractivity contribution in [2.75, 3.05) is 6.54 Å². The fourth-order valence-electron chi connectivity index (χ4n) is 5.03. The summed E-state index contributed by atoms with van der Waals surface area (Å²) in [6.45, 7) is 3.62. The van der Waals surface area contributed by atoms with Crippen molar-refractivity contribution in [1.29, 1.82) is 0 Å². The molecule has 0 unspecified atom stereocenters. The Morgan fingerprint density at radius 1 is 1.19 bits per heavy atom. The van der Waals surface area contributed by atoms with E-state index in [2.05, 4.69) is 22.9 Å². The lowest BCUT2D eigenvalue weighted by molar-refractivity contribution is 0.138.